The van der Waals surface area contributed by atoms with E-state index in [1.165, 1.54) is 11.7 Å². The summed E-state index contributed by atoms with van der Waals surface area (Å²) in [6.07, 6.45) is 1.18. The van der Waals surface area contributed by atoms with Gasteiger partial charge < -0.3 is 9.30 Å². The van der Waals surface area contributed by atoms with Crippen LogP contribution in [-0.4, -0.2) is 52.4 Å². The molecule has 0 unspecified atom stereocenters. The highest BCUT2D eigenvalue weighted by atomic mass is 16.5. The molecular formula is C27H28N8O4. The van der Waals surface area contributed by atoms with Gasteiger partial charge in [0.05, 0.1) is 7.11 Å². The number of carbonyl (C=O) groups excluding carboxylic acids is 1. The van der Waals surface area contributed by atoms with Crippen LogP contribution in [0.25, 0.3) is 33.7 Å². The molecule has 1 N–H and O–H groups in total. The average Bonchev–Trinajstić information content (AvgIpc) is 3.62. The number of aryl methyl sites for hydroxylation is 2. The number of benzene rings is 2. The van der Waals surface area contributed by atoms with E-state index in [-0.39, 0.29) is 5.52 Å². The fraction of sp³-hybridized carbons (Fsp3) is 0.296. The van der Waals surface area contributed by atoms with Gasteiger partial charge in [0.1, 0.15) is 12.4 Å². The lowest BCUT2D eigenvalue weighted by atomic mass is 9.97. The van der Waals surface area contributed by atoms with Gasteiger partial charge >= 0.3 is 11.7 Å². The molecule has 3 heterocycles. The quantitative estimate of drug-likeness (QED) is 0.287. The highest BCUT2D eigenvalue weighted by molar-refractivity contribution is 5.81. The first kappa shape index (κ1) is 25.8. The number of H-pyrrole nitrogens is 1. The number of tetrazole rings is 1. The third kappa shape index (κ3) is 4.76. The van der Waals surface area contributed by atoms with Gasteiger partial charge in [-0.2, -0.15) is 0 Å². The fourth-order valence-electron chi connectivity index (χ4n) is 4.75. The molecule has 0 radical (unpaired) electrons. The van der Waals surface area contributed by atoms with Crippen molar-refractivity contribution in [3.63, 3.8) is 0 Å². The number of imidazole rings is 1. The first-order valence-electron chi connectivity index (χ1n) is 12.7. The molecule has 0 atom stereocenters. The molecule has 5 aromatic rings. The summed E-state index contributed by atoms with van der Waals surface area (Å²) in [4.78, 5) is 43.6. The number of esters is 1. The summed E-state index contributed by atoms with van der Waals surface area (Å²) in [5.41, 5.74) is 3.04. The van der Waals surface area contributed by atoms with Crippen LogP contribution in [0.4, 0.5) is 0 Å². The first-order chi connectivity index (χ1) is 19.0. The molecule has 3 aromatic heterocycles. The van der Waals surface area contributed by atoms with Crippen LogP contribution >= 0.6 is 0 Å². The van der Waals surface area contributed by atoms with Gasteiger partial charge in [0.15, 0.2) is 17.0 Å². The Hall–Kier alpha value is -4.87. The van der Waals surface area contributed by atoms with Crippen LogP contribution in [0.3, 0.4) is 0 Å². The predicted octanol–water partition coefficient (Wildman–Crippen LogP) is 2.40. The molecule has 0 fully saturated rings. The molecule has 0 bridgehead atoms. The Morgan fingerprint density at radius 1 is 1.00 bits per heavy atom. The van der Waals surface area contributed by atoms with E-state index in [2.05, 4.69) is 20.6 Å². The van der Waals surface area contributed by atoms with Crippen molar-refractivity contribution in [1.29, 1.82) is 0 Å². The van der Waals surface area contributed by atoms with Crippen LogP contribution in [0.5, 0.6) is 0 Å². The van der Waals surface area contributed by atoms with Crippen molar-refractivity contribution in [1.82, 2.24) is 39.3 Å². The van der Waals surface area contributed by atoms with E-state index in [0.29, 0.717) is 43.2 Å². The first-order valence-corrected chi connectivity index (χ1v) is 12.7. The molecule has 0 aliphatic rings. The Morgan fingerprint density at radius 3 is 2.46 bits per heavy atom. The molecule has 0 aliphatic heterocycles. The monoisotopic (exact) mass is 528 g/mol. The predicted molar refractivity (Wildman–Crippen MR) is 144 cm³/mol. The van der Waals surface area contributed by atoms with E-state index in [1.807, 2.05) is 66.9 Å². The van der Waals surface area contributed by atoms with Crippen molar-refractivity contribution in [2.24, 2.45) is 0 Å². The van der Waals surface area contributed by atoms with E-state index in [9.17, 15) is 14.4 Å². The Morgan fingerprint density at radius 2 is 1.79 bits per heavy atom. The van der Waals surface area contributed by atoms with E-state index < -0.39 is 23.8 Å². The molecule has 0 aliphatic carbocycles. The number of aromatic nitrogens is 8. The second kappa shape index (κ2) is 10.9. The molecular weight excluding hydrogens is 500 g/mol. The fourth-order valence-corrected chi connectivity index (χ4v) is 4.75. The summed E-state index contributed by atoms with van der Waals surface area (Å²) in [5.74, 6) is 0.483. The van der Waals surface area contributed by atoms with Crippen molar-refractivity contribution in [3.05, 3.63) is 80.8 Å². The van der Waals surface area contributed by atoms with Gasteiger partial charge in [0, 0.05) is 25.1 Å². The molecule has 12 heteroatoms. The number of fused-ring (bicyclic) bond motifs is 1. The number of nitrogens with zero attached hydrogens (tertiary/aromatic N) is 7. The zero-order chi connectivity index (χ0) is 27.5. The van der Waals surface area contributed by atoms with Gasteiger partial charge in [-0.05, 0) is 39.6 Å². The van der Waals surface area contributed by atoms with Gasteiger partial charge in [0.2, 0.25) is 0 Å². The molecule has 0 saturated heterocycles. The van der Waals surface area contributed by atoms with E-state index >= 15 is 0 Å². The summed E-state index contributed by atoms with van der Waals surface area (Å²) in [6.45, 7) is 4.05. The Labute approximate surface area is 222 Å². The molecule has 200 valence electrons. The minimum atomic E-state index is -0.680. The third-order valence-electron chi connectivity index (χ3n) is 6.58. The number of aromatic amines is 1. The Balaban J connectivity index is 1.70. The lowest BCUT2D eigenvalue weighted by Gasteiger charge is -2.14. The standard InChI is InChI=1S/C27H28N8O4/c1-4-13-33-25-23(26(37)35(27(33)38)16-22(36)39-3)34(21(5-2)28-25)15-17-11-12-19(18-9-7-6-8-10-18)20(14-17)24-29-31-32-30-24/h6-12,14H,4-5,13,15-16H2,1-3H3,(H,29,30,31,32). The zero-order valence-electron chi connectivity index (χ0n) is 21.9. The number of carbonyl (C=O) groups is 1. The van der Waals surface area contributed by atoms with Crippen LogP contribution in [0.1, 0.15) is 31.7 Å². The Kier molecular flexibility index (Phi) is 7.17. The largest absolute Gasteiger partial charge is 0.468 e. The highest BCUT2D eigenvalue weighted by Crippen LogP contribution is 2.31. The molecule has 12 nitrogen and oxygen atoms in total. The normalized spacial score (nSPS) is 11.3. The highest BCUT2D eigenvalue weighted by Gasteiger charge is 2.23. The van der Waals surface area contributed by atoms with Gasteiger partial charge in [-0.3, -0.25) is 14.2 Å². The van der Waals surface area contributed by atoms with E-state index in [4.69, 9.17) is 9.72 Å². The summed E-state index contributed by atoms with van der Waals surface area (Å²) >= 11 is 0. The minimum absolute atomic E-state index is 0.263. The van der Waals surface area contributed by atoms with Crippen LogP contribution in [0.15, 0.2) is 58.1 Å². The van der Waals surface area contributed by atoms with Gasteiger partial charge in [-0.15, -0.1) is 5.10 Å². The smallest absolute Gasteiger partial charge is 0.333 e. The van der Waals surface area contributed by atoms with Crippen molar-refractivity contribution in [3.8, 4) is 22.5 Å². The van der Waals surface area contributed by atoms with Crippen LogP contribution < -0.4 is 11.2 Å². The maximum atomic E-state index is 13.6. The van der Waals surface area contributed by atoms with Crippen LogP contribution in [-0.2, 0) is 35.6 Å². The summed E-state index contributed by atoms with van der Waals surface area (Å²) < 4.78 is 8.93. The number of hydrogen-bond acceptors (Lipinski definition) is 8. The molecule has 2 aromatic carbocycles. The van der Waals surface area contributed by atoms with Gasteiger partial charge in [-0.1, -0.05) is 56.3 Å². The lowest BCUT2D eigenvalue weighted by Crippen LogP contribution is -2.42. The van der Waals surface area contributed by atoms with Crippen molar-refractivity contribution in [2.75, 3.05) is 7.11 Å². The van der Waals surface area contributed by atoms with E-state index in [0.717, 1.165) is 26.8 Å². The van der Waals surface area contributed by atoms with E-state index in [1.54, 1.807) is 0 Å². The summed E-state index contributed by atoms with van der Waals surface area (Å²) in [5, 5.41) is 14.5. The molecule has 5 rings (SSSR count). The molecule has 0 spiro atoms. The number of rotatable bonds is 9. The molecule has 0 amide bonds. The third-order valence-corrected chi connectivity index (χ3v) is 6.58. The maximum Gasteiger partial charge on any atom is 0.333 e. The summed E-state index contributed by atoms with van der Waals surface area (Å²) in [7, 11) is 1.22. The molecule has 0 saturated carbocycles. The molecule has 39 heavy (non-hydrogen) atoms. The second-order valence-corrected chi connectivity index (χ2v) is 9.04. The average molecular weight is 529 g/mol. The van der Waals surface area contributed by atoms with Crippen molar-refractivity contribution < 1.29 is 9.53 Å². The van der Waals surface area contributed by atoms with Crippen LogP contribution in [0, 0.1) is 0 Å². The van der Waals surface area contributed by atoms with Gasteiger partial charge in [-0.25, -0.2) is 19.4 Å². The lowest BCUT2D eigenvalue weighted by molar-refractivity contribution is -0.141. The number of methoxy groups -OCH3 is 1. The minimum Gasteiger partial charge on any atom is -0.468 e. The number of ether oxygens (including phenoxy) is 1. The maximum absolute atomic E-state index is 13.6. The SMILES string of the molecule is CCCn1c(=O)n(CC(=O)OC)c(=O)c2c1nc(CC)n2Cc1ccc(-c2ccccc2)c(-c2nnn[nH]2)c1. The van der Waals surface area contributed by atoms with Crippen molar-refractivity contribution in [2.45, 2.75) is 46.3 Å². The second-order valence-electron chi connectivity index (χ2n) is 9.04. The zero-order valence-corrected chi connectivity index (χ0v) is 21.9. The number of hydrogen-bond donors (Lipinski definition) is 1. The van der Waals surface area contributed by atoms with Gasteiger partial charge in [0.25, 0.3) is 5.56 Å². The summed E-state index contributed by atoms with van der Waals surface area (Å²) in [6, 6.07) is 15.9. The van der Waals surface area contributed by atoms with Crippen LogP contribution in [0.2, 0.25) is 0 Å². The topological polar surface area (TPSA) is 143 Å². The number of nitrogens with one attached hydrogen (secondary N) is 1. The Bertz CT molecular complexity index is 1750. The van der Waals surface area contributed by atoms with Crippen molar-refractivity contribution >= 4 is 17.1 Å².